The second kappa shape index (κ2) is 8.90. The summed E-state index contributed by atoms with van der Waals surface area (Å²) in [6, 6.07) is 12.7. The number of carbonyl (C=O) groups is 1. The van der Waals surface area contributed by atoms with Gasteiger partial charge in [0, 0.05) is 23.6 Å². The minimum atomic E-state index is -0.266. The van der Waals surface area contributed by atoms with Crippen LogP contribution < -0.4 is 15.6 Å². The fourth-order valence-electron chi connectivity index (χ4n) is 3.46. The molecule has 0 radical (unpaired) electrons. The van der Waals surface area contributed by atoms with Crippen molar-refractivity contribution in [2.24, 2.45) is 4.99 Å². The van der Waals surface area contributed by atoms with Crippen LogP contribution in [-0.4, -0.2) is 32.3 Å². The van der Waals surface area contributed by atoms with Gasteiger partial charge in [-0.25, -0.2) is 4.99 Å². The highest BCUT2D eigenvalue weighted by Crippen LogP contribution is 2.27. The van der Waals surface area contributed by atoms with Crippen LogP contribution >= 0.6 is 11.6 Å². The SMILES string of the molecule is COc1cccc2cc(C(=O)NC[C@H]3CCCO3)c(=Nc3cccc(Cl)c3C)oc12. The molecule has 7 heteroatoms. The lowest BCUT2D eigenvalue weighted by Crippen LogP contribution is -2.34. The van der Waals surface area contributed by atoms with E-state index in [2.05, 4.69) is 10.3 Å². The number of methoxy groups -OCH3 is 1. The first-order valence-electron chi connectivity index (χ1n) is 9.87. The Hall–Kier alpha value is -2.83. The number of benzene rings is 2. The lowest BCUT2D eigenvalue weighted by Gasteiger charge is -2.12. The summed E-state index contributed by atoms with van der Waals surface area (Å²) in [4.78, 5) is 17.6. The molecule has 1 amide bonds. The summed E-state index contributed by atoms with van der Waals surface area (Å²) in [5.74, 6) is 0.301. The van der Waals surface area contributed by atoms with Crippen molar-refractivity contribution in [3.05, 3.63) is 64.2 Å². The molecule has 30 heavy (non-hydrogen) atoms. The molecule has 1 aromatic heterocycles. The van der Waals surface area contributed by atoms with Crippen molar-refractivity contribution in [2.75, 3.05) is 20.3 Å². The Morgan fingerprint density at radius 1 is 1.30 bits per heavy atom. The Morgan fingerprint density at radius 3 is 2.90 bits per heavy atom. The maximum Gasteiger partial charge on any atom is 0.256 e. The van der Waals surface area contributed by atoms with Gasteiger partial charge in [-0.15, -0.1) is 0 Å². The van der Waals surface area contributed by atoms with E-state index in [-0.39, 0.29) is 17.6 Å². The molecule has 1 atom stereocenters. The summed E-state index contributed by atoms with van der Waals surface area (Å²) >= 11 is 6.24. The van der Waals surface area contributed by atoms with Crippen LogP contribution in [0.25, 0.3) is 11.0 Å². The highest BCUT2D eigenvalue weighted by atomic mass is 35.5. The molecular weight excluding hydrogens is 404 g/mol. The van der Waals surface area contributed by atoms with Crippen LogP contribution in [-0.2, 0) is 4.74 Å². The zero-order valence-corrected chi connectivity index (χ0v) is 17.7. The molecule has 1 saturated heterocycles. The van der Waals surface area contributed by atoms with Crippen LogP contribution in [0.4, 0.5) is 5.69 Å². The maximum absolute atomic E-state index is 13.0. The van der Waals surface area contributed by atoms with Gasteiger partial charge < -0.3 is 19.2 Å². The molecule has 0 aliphatic carbocycles. The van der Waals surface area contributed by atoms with E-state index >= 15 is 0 Å². The van der Waals surface area contributed by atoms with Gasteiger partial charge in [-0.3, -0.25) is 4.79 Å². The first kappa shape index (κ1) is 20.4. The average Bonchev–Trinajstić information content (AvgIpc) is 3.28. The van der Waals surface area contributed by atoms with Crippen LogP contribution in [0.2, 0.25) is 5.02 Å². The monoisotopic (exact) mass is 426 g/mol. The molecule has 0 bridgehead atoms. The van der Waals surface area contributed by atoms with Crippen molar-refractivity contribution in [1.29, 1.82) is 0 Å². The van der Waals surface area contributed by atoms with Crippen LogP contribution in [0.5, 0.6) is 5.75 Å². The minimum absolute atomic E-state index is 0.0435. The van der Waals surface area contributed by atoms with Crippen molar-refractivity contribution in [1.82, 2.24) is 5.32 Å². The molecule has 0 spiro atoms. The van der Waals surface area contributed by atoms with E-state index in [9.17, 15) is 4.79 Å². The van der Waals surface area contributed by atoms with E-state index < -0.39 is 0 Å². The Morgan fingerprint density at radius 2 is 2.13 bits per heavy atom. The normalized spacial score (nSPS) is 16.8. The van der Waals surface area contributed by atoms with Crippen molar-refractivity contribution < 1.29 is 18.7 Å². The molecule has 2 heterocycles. The van der Waals surface area contributed by atoms with Gasteiger partial charge in [0.2, 0.25) is 5.55 Å². The second-order valence-corrected chi connectivity index (χ2v) is 7.59. The van der Waals surface area contributed by atoms with Crippen LogP contribution in [0.15, 0.2) is 51.9 Å². The molecule has 2 aromatic carbocycles. The van der Waals surface area contributed by atoms with Gasteiger partial charge in [0.25, 0.3) is 5.91 Å². The summed E-state index contributed by atoms with van der Waals surface area (Å²) in [6.07, 6.45) is 2.00. The Labute approximate surface area is 179 Å². The minimum Gasteiger partial charge on any atom is -0.493 e. The summed E-state index contributed by atoms with van der Waals surface area (Å²) in [6.45, 7) is 3.06. The van der Waals surface area contributed by atoms with Crippen molar-refractivity contribution in [3.8, 4) is 5.75 Å². The number of nitrogens with zero attached hydrogens (tertiary/aromatic N) is 1. The molecule has 4 rings (SSSR count). The Balaban J connectivity index is 1.82. The number of ether oxygens (including phenoxy) is 2. The van der Waals surface area contributed by atoms with Gasteiger partial charge in [0.15, 0.2) is 11.3 Å². The van der Waals surface area contributed by atoms with E-state index in [1.165, 1.54) is 0 Å². The van der Waals surface area contributed by atoms with Gasteiger partial charge >= 0.3 is 0 Å². The van der Waals surface area contributed by atoms with Crippen molar-refractivity contribution >= 4 is 34.2 Å². The molecule has 156 valence electrons. The topological polar surface area (TPSA) is 73.1 Å². The van der Waals surface area contributed by atoms with E-state index in [4.69, 9.17) is 25.5 Å². The largest absolute Gasteiger partial charge is 0.493 e. The van der Waals surface area contributed by atoms with E-state index in [1.807, 2.05) is 31.2 Å². The number of nitrogens with one attached hydrogen (secondary N) is 1. The van der Waals surface area contributed by atoms with E-state index in [0.29, 0.717) is 34.2 Å². The molecule has 1 fully saturated rings. The van der Waals surface area contributed by atoms with Gasteiger partial charge in [0.1, 0.15) is 5.56 Å². The number of carbonyl (C=O) groups excluding carboxylic acids is 1. The van der Waals surface area contributed by atoms with Crippen LogP contribution in [0, 0.1) is 6.92 Å². The number of rotatable bonds is 5. The lowest BCUT2D eigenvalue weighted by molar-refractivity contribution is 0.0854. The molecule has 0 unspecified atom stereocenters. The van der Waals surface area contributed by atoms with Gasteiger partial charge in [-0.05, 0) is 49.6 Å². The fraction of sp³-hybridized carbons (Fsp3) is 0.304. The molecule has 1 N–H and O–H groups in total. The van der Waals surface area contributed by atoms with Gasteiger partial charge in [-0.2, -0.15) is 0 Å². The van der Waals surface area contributed by atoms with Crippen LogP contribution in [0.3, 0.4) is 0 Å². The summed E-state index contributed by atoms with van der Waals surface area (Å²) in [7, 11) is 1.57. The highest BCUT2D eigenvalue weighted by molar-refractivity contribution is 6.31. The molecule has 3 aromatic rings. The Bertz CT molecular complexity index is 1150. The summed E-state index contributed by atoms with van der Waals surface area (Å²) < 4.78 is 17.1. The Kier molecular flexibility index (Phi) is 6.06. The smallest absolute Gasteiger partial charge is 0.256 e. The molecule has 1 aliphatic heterocycles. The quantitative estimate of drug-likeness (QED) is 0.649. The number of halogens is 1. The van der Waals surface area contributed by atoms with Gasteiger partial charge in [-0.1, -0.05) is 29.8 Å². The lowest BCUT2D eigenvalue weighted by atomic mass is 10.1. The summed E-state index contributed by atoms with van der Waals surface area (Å²) in [5, 5.41) is 4.29. The standard InChI is InChI=1S/C23H23ClN2O4/c1-14-18(24)8-4-9-19(14)26-23-17(22(27)25-13-16-7-5-11-29-16)12-15-6-3-10-20(28-2)21(15)30-23/h3-4,6,8-10,12,16H,5,7,11,13H2,1-2H3,(H,25,27)/t16-/m1/s1. The molecule has 0 saturated carbocycles. The van der Waals surface area contributed by atoms with Gasteiger partial charge in [0.05, 0.1) is 18.9 Å². The number of fused-ring (bicyclic) bond motifs is 1. The first-order valence-corrected chi connectivity index (χ1v) is 10.2. The predicted octanol–water partition coefficient (Wildman–Crippen LogP) is 4.54. The van der Waals surface area contributed by atoms with Crippen LogP contribution in [0.1, 0.15) is 28.8 Å². The highest BCUT2D eigenvalue weighted by Gasteiger charge is 2.19. The van der Waals surface area contributed by atoms with Crippen molar-refractivity contribution in [3.63, 3.8) is 0 Å². The first-order chi connectivity index (χ1) is 14.6. The zero-order chi connectivity index (χ0) is 21.1. The predicted molar refractivity (Wildman–Crippen MR) is 115 cm³/mol. The molecular formula is C23H23ClN2O4. The number of para-hydroxylation sites is 1. The zero-order valence-electron chi connectivity index (χ0n) is 16.9. The van der Waals surface area contributed by atoms with E-state index in [1.54, 1.807) is 25.3 Å². The molecule has 6 nitrogen and oxygen atoms in total. The maximum atomic E-state index is 13.0. The third kappa shape index (κ3) is 4.20. The number of hydrogen-bond acceptors (Lipinski definition) is 5. The second-order valence-electron chi connectivity index (χ2n) is 7.18. The van der Waals surface area contributed by atoms with Crippen molar-refractivity contribution in [2.45, 2.75) is 25.9 Å². The third-order valence-electron chi connectivity index (χ3n) is 5.18. The number of hydrogen-bond donors (Lipinski definition) is 1. The fourth-order valence-corrected chi connectivity index (χ4v) is 3.63. The number of amides is 1. The summed E-state index contributed by atoms with van der Waals surface area (Å²) in [5.41, 5.74) is 2.50. The molecule has 1 aliphatic rings. The average molecular weight is 427 g/mol. The van der Waals surface area contributed by atoms with E-state index in [0.717, 1.165) is 30.4 Å². The third-order valence-corrected chi connectivity index (χ3v) is 5.59.